The first-order valence-electron chi connectivity index (χ1n) is 7.62. The van der Waals surface area contributed by atoms with E-state index in [0.29, 0.717) is 17.1 Å². The Morgan fingerprint density at radius 1 is 1.30 bits per heavy atom. The minimum absolute atomic E-state index is 0.272. The molecule has 1 aromatic carbocycles. The molecule has 0 atom stereocenters. The molecule has 122 valence electrons. The van der Waals surface area contributed by atoms with Crippen LogP contribution in [0.5, 0.6) is 5.75 Å². The highest BCUT2D eigenvalue weighted by molar-refractivity contribution is 6.03. The number of ether oxygens (including phenoxy) is 1. The molecule has 2 rings (SSSR count). The number of anilines is 2. The average Bonchev–Trinajstić information content (AvgIpc) is 2.59. The molecule has 0 aliphatic carbocycles. The largest absolute Gasteiger partial charge is 0.497 e. The van der Waals surface area contributed by atoms with Crippen molar-refractivity contribution in [1.82, 2.24) is 9.97 Å². The van der Waals surface area contributed by atoms with Gasteiger partial charge in [0.1, 0.15) is 23.6 Å². The van der Waals surface area contributed by atoms with E-state index in [1.807, 2.05) is 24.1 Å². The number of amides is 1. The monoisotopic (exact) mass is 314 g/mol. The van der Waals surface area contributed by atoms with Gasteiger partial charge in [-0.1, -0.05) is 19.4 Å². The topological polar surface area (TPSA) is 67.4 Å². The van der Waals surface area contributed by atoms with Crippen LogP contribution in [0, 0.1) is 0 Å². The summed E-state index contributed by atoms with van der Waals surface area (Å²) in [7, 11) is 3.55. The first-order chi connectivity index (χ1) is 11.1. The van der Waals surface area contributed by atoms with E-state index in [0.717, 1.165) is 25.2 Å². The van der Waals surface area contributed by atoms with Crippen LogP contribution in [-0.4, -0.2) is 36.6 Å². The standard InChI is InChI=1S/C17H22N4O2/c1-4-5-9-21(2)16-11-15(18-12-19-16)17(22)20-13-7-6-8-14(10-13)23-3/h6-8,10-12H,4-5,9H2,1-3H3,(H,20,22). The molecule has 0 saturated carbocycles. The van der Waals surface area contributed by atoms with Gasteiger partial charge in [-0.25, -0.2) is 9.97 Å². The number of hydrogen-bond acceptors (Lipinski definition) is 5. The molecule has 0 saturated heterocycles. The van der Waals surface area contributed by atoms with Crippen molar-refractivity contribution in [2.24, 2.45) is 0 Å². The Morgan fingerprint density at radius 3 is 2.87 bits per heavy atom. The van der Waals surface area contributed by atoms with E-state index in [1.54, 1.807) is 25.3 Å². The summed E-state index contributed by atoms with van der Waals surface area (Å²) in [5, 5.41) is 2.81. The summed E-state index contributed by atoms with van der Waals surface area (Å²) in [6.45, 7) is 3.03. The lowest BCUT2D eigenvalue weighted by atomic mass is 10.2. The predicted molar refractivity (Wildman–Crippen MR) is 91.2 cm³/mol. The van der Waals surface area contributed by atoms with E-state index in [1.165, 1.54) is 6.33 Å². The third-order valence-corrected chi connectivity index (χ3v) is 3.45. The SMILES string of the molecule is CCCCN(C)c1cc(C(=O)Nc2cccc(OC)c2)ncn1. The molecular formula is C17H22N4O2. The van der Waals surface area contributed by atoms with Crippen LogP contribution < -0.4 is 15.0 Å². The first-order valence-corrected chi connectivity index (χ1v) is 7.62. The number of unbranched alkanes of at least 4 members (excludes halogenated alkanes) is 1. The van der Waals surface area contributed by atoms with Crippen molar-refractivity contribution in [2.75, 3.05) is 30.9 Å². The van der Waals surface area contributed by atoms with Crippen molar-refractivity contribution in [1.29, 1.82) is 0 Å². The van der Waals surface area contributed by atoms with E-state index < -0.39 is 0 Å². The number of nitrogens with one attached hydrogen (secondary N) is 1. The number of methoxy groups -OCH3 is 1. The molecule has 23 heavy (non-hydrogen) atoms. The number of benzene rings is 1. The molecule has 0 radical (unpaired) electrons. The summed E-state index contributed by atoms with van der Waals surface area (Å²) in [6.07, 6.45) is 3.60. The number of rotatable bonds is 7. The fourth-order valence-corrected chi connectivity index (χ4v) is 2.09. The molecule has 1 N–H and O–H groups in total. The van der Waals surface area contributed by atoms with Crippen LogP contribution in [0.1, 0.15) is 30.3 Å². The molecular weight excluding hydrogens is 292 g/mol. The van der Waals surface area contributed by atoms with Gasteiger partial charge in [-0.15, -0.1) is 0 Å². The normalized spacial score (nSPS) is 10.2. The van der Waals surface area contributed by atoms with E-state index in [2.05, 4.69) is 22.2 Å². The maximum atomic E-state index is 12.3. The van der Waals surface area contributed by atoms with Gasteiger partial charge in [0.2, 0.25) is 0 Å². The fraction of sp³-hybridized carbons (Fsp3) is 0.353. The third kappa shape index (κ3) is 4.67. The van der Waals surface area contributed by atoms with Crippen LogP contribution in [0.25, 0.3) is 0 Å². The molecule has 6 heteroatoms. The second kappa shape index (κ2) is 8.12. The Hall–Kier alpha value is -2.63. The van der Waals surface area contributed by atoms with E-state index >= 15 is 0 Å². The van der Waals surface area contributed by atoms with Crippen LogP contribution in [-0.2, 0) is 0 Å². The van der Waals surface area contributed by atoms with Gasteiger partial charge in [0.25, 0.3) is 5.91 Å². The van der Waals surface area contributed by atoms with Crippen molar-refractivity contribution in [2.45, 2.75) is 19.8 Å². The summed E-state index contributed by atoms with van der Waals surface area (Å²) < 4.78 is 5.15. The van der Waals surface area contributed by atoms with Gasteiger partial charge < -0.3 is 15.0 Å². The molecule has 0 fully saturated rings. The van der Waals surface area contributed by atoms with Gasteiger partial charge in [-0.2, -0.15) is 0 Å². The second-order valence-corrected chi connectivity index (χ2v) is 5.22. The number of nitrogens with zero attached hydrogens (tertiary/aromatic N) is 3. The zero-order valence-corrected chi connectivity index (χ0v) is 13.7. The zero-order chi connectivity index (χ0) is 16.7. The van der Waals surface area contributed by atoms with Crippen LogP contribution in [0.2, 0.25) is 0 Å². The zero-order valence-electron chi connectivity index (χ0n) is 13.7. The fourth-order valence-electron chi connectivity index (χ4n) is 2.09. The molecule has 0 unspecified atom stereocenters. The van der Waals surface area contributed by atoms with Crippen molar-refractivity contribution in [3.05, 3.63) is 42.4 Å². The molecule has 1 aromatic heterocycles. The predicted octanol–water partition coefficient (Wildman–Crippen LogP) is 2.97. The van der Waals surface area contributed by atoms with Crippen molar-refractivity contribution in [3.63, 3.8) is 0 Å². The van der Waals surface area contributed by atoms with Crippen LogP contribution in [0.3, 0.4) is 0 Å². The minimum atomic E-state index is -0.272. The molecule has 1 amide bonds. The highest BCUT2D eigenvalue weighted by atomic mass is 16.5. The summed E-state index contributed by atoms with van der Waals surface area (Å²) in [5.74, 6) is 1.15. The smallest absolute Gasteiger partial charge is 0.274 e. The molecule has 0 bridgehead atoms. The Balaban J connectivity index is 2.09. The van der Waals surface area contributed by atoms with Crippen LogP contribution in [0.4, 0.5) is 11.5 Å². The van der Waals surface area contributed by atoms with Crippen LogP contribution >= 0.6 is 0 Å². The minimum Gasteiger partial charge on any atom is -0.497 e. The lowest BCUT2D eigenvalue weighted by Crippen LogP contribution is -2.21. The number of hydrogen-bond donors (Lipinski definition) is 1. The molecule has 0 spiro atoms. The average molecular weight is 314 g/mol. The van der Waals surface area contributed by atoms with E-state index in [9.17, 15) is 4.79 Å². The highest BCUT2D eigenvalue weighted by Gasteiger charge is 2.11. The molecule has 1 heterocycles. The Labute approximate surface area is 136 Å². The Kier molecular flexibility index (Phi) is 5.91. The summed E-state index contributed by atoms with van der Waals surface area (Å²) in [5.41, 5.74) is 0.995. The van der Waals surface area contributed by atoms with Gasteiger partial charge in [-0.05, 0) is 18.6 Å². The number of aromatic nitrogens is 2. The van der Waals surface area contributed by atoms with Crippen molar-refractivity contribution in [3.8, 4) is 5.75 Å². The maximum Gasteiger partial charge on any atom is 0.274 e. The lowest BCUT2D eigenvalue weighted by Gasteiger charge is -2.17. The third-order valence-electron chi connectivity index (χ3n) is 3.45. The molecule has 0 aliphatic rings. The number of carbonyl (C=O) groups excluding carboxylic acids is 1. The van der Waals surface area contributed by atoms with Crippen LogP contribution in [0.15, 0.2) is 36.7 Å². The number of carbonyl (C=O) groups is 1. The van der Waals surface area contributed by atoms with Crippen molar-refractivity contribution < 1.29 is 9.53 Å². The van der Waals surface area contributed by atoms with Gasteiger partial charge >= 0.3 is 0 Å². The second-order valence-electron chi connectivity index (χ2n) is 5.22. The van der Waals surface area contributed by atoms with E-state index in [-0.39, 0.29) is 5.91 Å². The maximum absolute atomic E-state index is 12.3. The lowest BCUT2D eigenvalue weighted by molar-refractivity contribution is 0.102. The summed E-state index contributed by atoms with van der Waals surface area (Å²) in [6, 6.07) is 8.90. The van der Waals surface area contributed by atoms with Gasteiger partial charge in [0, 0.05) is 31.4 Å². The quantitative estimate of drug-likeness (QED) is 0.851. The summed E-state index contributed by atoms with van der Waals surface area (Å²) >= 11 is 0. The summed E-state index contributed by atoms with van der Waals surface area (Å²) in [4.78, 5) is 22.6. The first kappa shape index (κ1) is 16.7. The Morgan fingerprint density at radius 2 is 2.13 bits per heavy atom. The molecule has 2 aromatic rings. The highest BCUT2D eigenvalue weighted by Crippen LogP contribution is 2.18. The van der Waals surface area contributed by atoms with Gasteiger partial charge in [0.15, 0.2) is 0 Å². The van der Waals surface area contributed by atoms with Gasteiger partial charge in [-0.3, -0.25) is 4.79 Å². The molecule has 0 aliphatic heterocycles. The van der Waals surface area contributed by atoms with Crippen molar-refractivity contribution >= 4 is 17.4 Å². The molecule has 6 nitrogen and oxygen atoms in total. The van der Waals surface area contributed by atoms with E-state index in [4.69, 9.17) is 4.74 Å². The van der Waals surface area contributed by atoms with Gasteiger partial charge in [0.05, 0.1) is 7.11 Å². The Bertz CT molecular complexity index is 661.